The van der Waals surface area contributed by atoms with Gasteiger partial charge in [-0.2, -0.15) is 28.2 Å². The van der Waals surface area contributed by atoms with Crippen molar-refractivity contribution in [3.8, 4) is 11.9 Å². The van der Waals surface area contributed by atoms with Crippen molar-refractivity contribution in [1.82, 2.24) is 14.8 Å². The van der Waals surface area contributed by atoms with Crippen LogP contribution in [0.25, 0.3) is 16.6 Å². The van der Waals surface area contributed by atoms with Crippen molar-refractivity contribution in [3.05, 3.63) is 52.6 Å². The Bertz CT molecular complexity index is 1540. The Morgan fingerprint density at radius 1 is 1.26 bits per heavy atom. The van der Waals surface area contributed by atoms with Crippen LogP contribution in [0.15, 0.2) is 46.3 Å². The van der Waals surface area contributed by atoms with E-state index in [1.807, 2.05) is 6.07 Å². The minimum absolute atomic E-state index is 0.0181. The number of nitrogens with one attached hydrogen (secondary N) is 1. The third kappa shape index (κ3) is 4.01. The number of hydrogen-bond acceptors (Lipinski definition) is 7. The molecule has 9 nitrogen and oxygen atoms in total. The van der Waals surface area contributed by atoms with Gasteiger partial charge in [0.25, 0.3) is 5.56 Å². The van der Waals surface area contributed by atoms with Crippen molar-refractivity contribution < 1.29 is 26.4 Å². The van der Waals surface area contributed by atoms with Crippen LogP contribution in [0.4, 0.5) is 18.9 Å². The number of anilines is 1. The minimum atomic E-state index is -4.69. The molecule has 13 heteroatoms. The van der Waals surface area contributed by atoms with Crippen molar-refractivity contribution >= 4 is 32.2 Å². The van der Waals surface area contributed by atoms with Crippen LogP contribution in [0.1, 0.15) is 25.3 Å². The quantitative estimate of drug-likeness (QED) is 0.580. The van der Waals surface area contributed by atoms with Gasteiger partial charge in [-0.1, -0.05) is 13.0 Å². The normalized spacial score (nSPS) is 15.0. The Kier molecular flexibility index (Phi) is 5.44. The number of rotatable bonds is 5. The molecule has 1 fully saturated rings. The van der Waals surface area contributed by atoms with Gasteiger partial charge in [0.1, 0.15) is 10.3 Å². The molecular formula is C21H16F3N5O4S. The number of aromatic nitrogens is 3. The molecule has 3 aromatic rings. The lowest BCUT2D eigenvalue weighted by Gasteiger charge is -2.14. The topological polar surface area (TPSA) is 135 Å². The number of carbonyl (C=O) groups excluding carboxylic acids is 1. The van der Waals surface area contributed by atoms with Crippen LogP contribution >= 0.6 is 0 Å². The number of alkyl halides is 3. The maximum Gasteiger partial charge on any atom is 0.416 e. The van der Waals surface area contributed by atoms with Crippen molar-refractivity contribution in [2.75, 3.05) is 11.1 Å². The van der Waals surface area contributed by atoms with E-state index in [2.05, 4.69) is 15.4 Å². The molecule has 1 aliphatic carbocycles. The van der Waals surface area contributed by atoms with Crippen LogP contribution in [0.5, 0.6) is 0 Å². The summed E-state index contributed by atoms with van der Waals surface area (Å²) in [4.78, 5) is 28.9. The Morgan fingerprint density at radius 3 is 2.56 bits per heavy atom. The molecule has 2 heterocycles. The lowest BCUT2D eigenvalue weighted by atomic mass is 10.1. The van der Waals surface area contributed by atoms with Crippen LogP contribution in [-0.4, -0.2) is 34.8 Å². The summed E-state index contributed by atoms with van der Waals surface area (Å²) in [7, 11) is -4.02. The summed E-state index contributed by atoms with van der Waals surface area (Å²) >= 11 is 0. The number of carbonyl (C=O) groups is 1. The first-order valence-corrected chi connectivity index (χ1v) is 11.6. The van der Waals surface area contributed by atoms with Crippen LogP contribution in [0.3, 0.4) is 0 Å². The van der Waals surface area contributed by atoms with Gasteiger partial charge in [0.05, 0.1) is 40.9 Å². The molecule has 0 spiro atoms. The van der Waals surface area contributed by atoms with E-state index in [9.17, 15) is 31.2 Å². The molecule has 1 aromatic carbocycles. The van der Waals surface area contributed by atoms with E-state index >= 15 is 0 Å². The molecular weight excluding hydrogens is 475 g/mol. The third-order valence-corrected chi connectivity index (χ3v) is 7.25. The second-order valence-electron chi connectivity index (χ2n) is 7.76. The molecule has 4 rings (SSSR count). The molecule has 0 aliphatic heterocycles. The maximum absolute atomic E-state index is 13.1. The Labute approximate surface area is 190 Å². The van der Waals surface area contributed by atoms with Gasteiger partial charge in [-0.3, -0.25) is 9.59 Å². The Hall–Kier alpha value is -3.79. The van der Waals surface area contributed by atoms with E-state index in [0.29, 0.717) is 23.6 Å². The summed E-state index contributed by atoms with van der Waals surface area (Å²) in [6.45, 7) is 1.35. The first-order valence-electron chi connectivity index (χ1n) is 9.97. The number of sulfone groups is 1. The van der Waals surface area contributed by atoms with Crippen LogP contribution in [-0.2, 0) is 20.8 Å². The van der Waals surface area contributed by atoms with Crippen molar-refractivity contribution in [2.45, 2.75) is 30.8 Å². The maximum atomic E-state index is 13.1. The van der Waals surface area contributed by atoms with Crippen LogP contribution in [0, 0.1) is 16.7 Å². The standard InChI is InChI=1S/C21H16F3N5O4S/c1-2-34(32,33)16-8-14(28-19(31)20(11-25)5-6-20)10-26-17(16)29-18(30)15-7-13(21(22,23)24)4-3-12(15)9-27-29/h3-4,7-10H,2,5-6H2,1H3,(H,28,31). The van der Waals surface area contributed by atoms with Gasteiger partial charge in [-0.25, -0.2) is 13.4 Å². The molecule has 1 amide bonds. The number of halogens is 3. The van der Waals surface area contributed by atoms with Gasteiger partial charge in [0, 0.05) is 5.39 Å². The molecule has 176 valence electrons. The minimum Gasteiger partial charge on any atom is -0.323 e. The van der Waals surface area contributed by atoms with E-state index < -0.39 is 49.2 Å². The Morgan fingerprint density at radius 2 is 1.97 bits per heavy atom. The molecule has 0 unspecified atom stereocenters. The highest BCUT2D eigenvalue weighted by atomic mass is 32.2. The number of benzene rings is 1. The zero-order valence-electron chi connectivity index (χ0n) is 17.5. The number of pyridine rings is 1. The smallest absolute Gasteiger partial charge is 0.323 e. The average molecular weight is 491 g/mol. The van der Waals surface area contributed by atoms with Gasteiger partial charge < -0.3 is 5.32 Å². The molecule has 1 saturated carbocycles. The van der Waals surface area contributed by atoms with Crippen LogP contribution in [0.2, 0.25) is 0 Å². The van der Waals surface area contributed by atoms with E-state index in [4.69, 9.17) is 5.26 Å². The number of amides is 1. The van der Waals surface area contributed by atoms with Gasteiger partial charge in [0.15, 0.2) is 15.7 Å². The molecule has 1 aliphatic rings. The van der Waals surface area contributed by atoms with Gasteiger partial charge >= 0.3 is 6.18 Å². The zero-order valence-corrected chi connectivity index (χ0v) is 18.4. The van der Waals surface area contributed by atoms with Crippen molar-refractivity contribution in [2.24, 2.45) is 5.41 Å². The van der Waals surface area contributed by atoms with E-state index in [1.165, 1.54) is 6.92 Å². The molecule has 0 radical (unpaired) electrons. The predicted octanol–water partition coefficient (Wildman–Crippen LogP) is 2.84. The number of nitrogens with zero attached hydrogens (tertiary/aromatic N) is 4. The van der Waals surface area contributed by atoms with Crippen LogP contribution < -0.4 is 10.9 Å². The second-order valence-corrected chi connectivity index (χ2v) is 10.0. The molecule has 2 aromatic heterocycles. The number of hydrogen-bond donors (Lipinski definition) is 1. The van der Waals surface area contributed by atoms with E-state index in [1.54, 1.807) is 0 Å². The molecule has 0 bridgehead atoms. The fourth-order valence-electron chi connectivity index (χ4n) is 3.28. The third-order valence-electron chi connectivity index (χ3n) is 5.52. The van der Waals surface area contributed by atoms with Gasteiger partial charge in [-0.05, 0) is 31.0 Å². The highest BCUT2D eigenvalue weighted by Gasteiger charge is 2.50. The first kappa shape index (κ1) is 23.4. The summed E-state index contributed by atoms with van der Waals surface area (Å²) in [5, 5.41) is 15.3. The zero-order chi connectivity index (χ0) is 24.9. The summed E-state index contributed by atoms with van der Waals surface area (Å²) in [6, 6.07) is 5.56. The highest BCUT2D eigenvalue weighted by molar-refractivity contribution is 7.91. The summed E-state index contributed by atoms with van der Waals surface area (Å²) < 4.78 is 65.5. The monoisotopic (exact) mass is 491 g/mol. The van der Waals surface area contributed by atoms with E-state index in [0.717, 1.165) is 30.6 Å². The Balaban J connectivity index is 1.87. The fourth-order valence-corrected chi connectivity index (χ4v) is 4.32. The summed E-state index contributed by atoms with van der Waals surface area (Å²) in [5.74, 6) is -1.42. The lowest BCUT2D eigenvalue weighted by Crippen LogP contribution is -2.26. The SMILES string of the molecule is CCS(=O)(=O)c1cc(NC(=O)C2(C#N)CC2)cnc1-n1ncc2ccc(C(F)(F)F)cc2c1=O. The predicted molar refractivity (Wildman–Crippen MR) is 114 cm³/mol. The van der Waals surface area contributed by atoms with Crippen molar-refractivity contribution in [1.29, 1.82) is 5.26 Å². The van der Waals surface area contributed by atoms with E-state index in [-0.39, 0.29) is 22.2 Å². The van der Waals surface area contributed by atoms with Crippen molar-refractivity contribution in [3.63, 3.8) is 0 Å². The second kappa shape index (κ2) is 7.91. The molecule has 0 saturated heterocycles. The molecule has 34 heavy (non-hydrogen) atoms. The average Bonchev–Trinajstić information content (AvgIpc) is 3.60. The summed E-state index contributed by atoms with van der Waals surface area (Å²) in [6.07, 6.45) is -1.74. The summed E-state index contributed by atoms with van der Waals surface area (Å²) in [5.41, 5.74) is -3.23. The number of fused-ring (bicyclic) bond motifs is 1. The lowest BCUT2D eigenvalue weighted by molar-refractivity contribution is -0.137. The first-order chi connectivity index (χ1) is 15.9. The molecule has 0 atom stereocenters. The fraction of sp³-hybridized carbons (Fsp3) is 0.286. The molecule has 1 N–H and O–H groups in total. The highest BCUT2D eigenvalue weighted by Crippen LogP contribution is 2.45. The largest absolute Gasteiger partial charge is 0.416 e. The number of nitriles is 1. The van der Waals surface area contributed by atoms with Gasteiger partial charge in [0.2, 0.25) is 5.91 Å². The van der Waals surface area contributed by atoms with Gasteiger partial charge in [-0.15, -0.1) is 0 Å².